The Morgan fingerprint density at radius 2 is 2.08 bits per heavy atom. The summed E-state index contributed by atoms with van der Waals surface area (Å²) in [7, 11) is 0. The number of carbonyl (C=O) groups is 2. The van der Waals surface area contributed by atoms with Crippen molar-refractivity contribution < 1.29 is 9.59 Å². The Morgan fingerprint density at radius 1 is 1.33 bits per heavy atom. The molecule has 0 aliphatic carbocycles. The van der Waals surface area contributed by atoms with Gasteiger partial charge in [0.2, 0.25) is 6.41 Å². The molecule has 0 fully saturated rings. The molecule has 0 heterocycles. The molecule has 3 N–H and O–H groups in total. The fourth-order valence-electron chi connectivity index (χ4n) is 0.674. The number of hydrogen-bond acceptors (Lipinski definition) is 2. The summed E-state index contributed by atoms with van der Waals surface area (Å²) in [6.45, 7) is 3.65. The number of urea groups is 1. The van der Waals surface area contributed by atoms with Crippen LogP contribution < -0.4 is 16.0 Å². The first-order chi connectivity index (χ1) is 5.81. The molecule has 0 unspecified atom stereocenters. The van der Waals surface area contributed by atoms with E-state index in [4.69, 9.17) is 0 Å². The van der Waals surface area contributed by atoms with E-state index in [9.17, 15) is 9.59 Å². The van der Waals surface area contributed by atoms with E-state index in [2.05, 4.69) is 16.0 Å². The van der Waals surface area contributed by atoms with Gasteiger partial charge in [0.15, 0.2) is 0 Å². The molecule has 0 saturated heterocycles. The highest BCUT2D eigenvalue weighted by Crippen LogP contribution is 1.72. The molecular formula is C7H15N3O2. The van der Waals surface area contributed by atoms with Crippen molar-refractivity contribution in [1.82, 2.24) is 16.0 Å². The predicted octanol–water partition coefficient (Wildman–Crippen LogP) is -0.558. The molecule has 12 heavy (non-hydrogen) atoms. The van der Waals surface area contributed by atoms with Crippen LogP contribution in [-0.2, 0) is 4.79 Å². The molecule has 0 radical (unpaired) electrons. The maximum absolute atomic E-state index is 10.8. The number of nitrogens with one attached hydrogen (secondary N) is 3. The molecule has 70 valence electrons. The largest absolute Gasteiger partial charge is 0.359 e. The molecule has 3 amide bonds. The lowest BCUT2D eigenvalue weighted by molar-refractivity contribution is -0.109. The molecule has 5 nitrogen and oxygen atoms in total. The third-order valence-electron chi connectivity index (χ3n) is 1.20. The standard InChI is InChI=1S/C7H15N3O2/c1-2-9-7(12)10-5-3-4-8-6-11/h6H,2-5H2,1H3,(H,8,11)(H2,9,10,12). The van der Waals surface area contributed by atoms with Gasteiger partial charge in [-0.1, -0.05) is 0 Å². The highest BCUT2D eigenvalue weighted by Gasteiger charge is 1.94. The normalized spacial score (nSPS) is 8.75. The van der Waals surface area contributed by atoms with Crippen molar-refractivity contribution in [2.24, 2.45) is 0 Å². The summed E-state index contributed by atoms with van der Waals surface area (Å²) in [6.07, 6.45) is 1.39. The molecule has 0 aliphatic heterocycles. The summed E-state index contributed by atoms with van der Waals surface area (Å²) >= 11 is 0. The molecule has 0 aromatic heterocycles. The molecule has 0 rings (SSSR count). The minimum atomic E-state index is -0.163. The molecular weight excluding hydrogens is 158 g/mol. The molecule has 0 atom stereocenters. The second-order valence-corrected chi connectivity index (χ2v) is 2.21. The Kier molecular flexibility index (Phi) is 7.02. The Balaban J connectivity index is 3.08. The first-order valence-corrected chi connectivity index (χ1v) is 4.00. The van der Waals surface area contributed by atoms with Gasteiger partial charge in [0.05, 0.1) is 0 Å². The van der Waals surface area contributed by atoms with E-state index in [0.29, 0.717) is 26.0 Å². The molecule has 0 aromatic carbocycles. The van der Waals surface area contributed by atoms with E-state index in [1.165, 1.54) is 0 Å². The van der Waals surface area contributed by atoms with Gasteiger partial charge in [-0.05, 0) is 13.3 Å². The van der Waals surface area contributed by atoms with E-state index in [0.717, 1.165) is 6.42 Å². The minimum Gasteiger partial charge on any atom is -0.359 e. The summed E-state index contributed by atoms with van der Waals surface area (Å²) in [4.78, 5) is 20.6. The van der Waals surface area contributed by atoms with E-state index in [1.54, 1.807) is 0 Å². The van der Waals surface area contributed by atoms with Crippen molar-refractivity contribution in [3.05, 3.63) is 0 Å². The van der Waals surface area contributed by atoms with Gasteiger partial charge in [-0.25, -0.2) is 4.79 Å². The van der Waals surface area contributed by atoms with Crippen molar-refractivity contribution in [1.29, 1.82) is 0 Å². The second-order valence-electron chi connectivity index (χ2n) is 2.21. The number of amides is 3. The van der Waals surface area contributed by atoms with Gasteiger partial charge >= 0.3 is 6.03 Å². The van der Waals surface area contributed by atoms with Crippen molar-refractivity contribution >= 4 is 12.4 Å². The van der Waals surface area contributed by atoms with Crippen LogP contribution in [0.3, 0.4) is 0 Å². The molecule has 0 bridgehead atoms. The van der Waals surface area contributed by atoms with E-state index in [-0.39, 0.29) is 6.03 Å². The van der Waals surface area contributed by atoms with Crippen molar-refractivity contribution in [2.45, 2.75) is 13.3 Å². The van der Waals surface area contributed by atoms with E-state index >= 15 is 0 Å². The highest BCUT2D eigenvalue weighted by molar-refractivity contribution is 5.73. The second kappa shape index (κ2) is 7.84. The zero-order valence-electron chi connectivity index (χ0n) is 7.22. The first kappa shape index (κ1) is 10.7. The van der Waals surface area contributed by atoms with Crippen LogP contribution >= 0.6 is 0 Å². The maximum atomic E-state index is 10.8. The molecule has 0 spiro atoms. The Labute approximate surface area is 71.9 Å². The fraction of sp³-hybridized carbons (Fsp3) is 0.714. The zero-order valence-corrected chi connectivity index (χ0v) is 7.22. The maximum Gasteiger partial charge on any atom is 0.314 e. The molecule has 0 aliphatic rings. The van der Waals surface area contributed by atoms with Gasteiger partial charge in [-0.2, -0.15) is 0 Å². The zero-order chi connectivity index (χ0) is 9.23. The average Bonchev–Trinajstić information content (AvgIpc) is 2.05. The van der Waals surface area contributed by atoms with Crippen LogP contribution in [0.5, 0.6) is 0 Å². The van der Waals surface area contributed by atoms with Crippen LogP contribution in [0.15, 0.2) is 0 Å². The lowest BCUT2D eigenvalue weighted by Crippen LogP contribution is -2.36. The van der Waals surface area contributed by atoms with Crippen LogP contribution in [-0.4, -0.2) is 32.1 Å². The first-order valence-electron chi connectivity index (χ1n) is 4.00. The monoisotopic (exact) mass is 173 g/mol. The van der Waals surface area contributed by atoms with Gasteiger partial charge in [-0.3, -0.25) is 4.79 Å². The lowest BCUT2D eigenvalue weighted by atomic mass is 10.4. The predicted molar refractivity (Wildman–Crippen MR) is 45.8 cm³/mol. The third-order valence-corrected chi connectivity index (χ3v) is 1.20. The van der Waals surface area contributed by atoms with Crippen molar-refractivity contribution in [3.63, 3.8) is 0 Å². The fourth-order valence-corrected chi connectivity index (χ4v) is 0.674. The third kappa shape index (κ3) is 6.85. The van der Waals surface area contributed by atoms with Crippen molar-refractivity contribution in [2.75, 3.05) is 19.6 Å². The van der Waals surface area contributed by atoms with Gasteiger partial charge in [0.1, 0.15) is 0 Å². The van der Waals surface area contributed by atoms with Gasteiger partial charge in [0.25, 0.3) is 0 Å². The van der Waals surface area contributed by atoms with E-state index < -0.39 is 0 Å². The van der Waals surface area contributed by atoms with Gasteiger partial charge in [-0.15, -0.1) is 0 Å². The van der Waals surface area contributed by atoms with Crippen molar-refractivity contribution in [3.8, 4) is 0 Å². The SMILES string of the molecule is CCNC(=O)NCCCNC=O. The summed E-state index contributed by atoms with van der Waals surface area (Å²) in [5.41, 5.74) is 0. The number of hydrogen-bond donors (Lipinski definition) is 3. The number of carbonyl (C=O) groups excluding carboxylic acids is 2. The lowest BCUT2D eigenvalue weighted by Gasteiger charge is -2.04. The highest BCUT2D eigenvalue weighted by atomic mass is 16.2. The van der Waals surface area contributed by atoms with Crippen LogP contribution in [0.1, 0.15) is 13.3 Å². The minimum absolute atomic E-state index is 0.163. The molecule has 0 aromatic rings. The quantitative estimate of drug-likeness (QED) is 0.372. The van der Waals surface area contributed by atoms with Crippen LogP contribution in [0.25, 0.3) is 0 Å². The number of rotatable bonds is 6. The summed E-state index contributed by atoms with van der Waals surface area (Å²) in [5.74, 6) is 0. The Morgan fingerprint density at radius 3 is 2.67 bits per heavy atom. The molecule has 5 heteroatoms. The average molecular weight is 173 g/mol. The molecule has 0 saturated carbocycles. The summed E-state index contributed by atoms with van der Waals surface area (Å²) in [6, 6.07) is -0.163. The Hall–Kier alpha value is -1.26. The van der Waals surface area contributed by atoms with Gasteiger partial charge in [0, 0.05) is 19.6 Å². The Bertz CT molecular complexity index is 139. The topological polar surface area (TPSA) is 70.2 Å². The van der Waals surface area contributed by atoms with Crippen LogP contribution in [0.2, 0.25) is 0 Å². The smallest absolute Gasteiger partial charge is 0.314 e. The summed E-state index contributed by atoms with van der Waals surface area (Å²) in [5, 5.41) is 7.73. The van der Waals surface area contributed by atoms with E-state index in [1.807, 2.05) is 6.92 Å². The van der Waals surface area contributed by atoms with Gasteiger partial charge < -0.3 is 16.0 Å². The van der Waals surface area contributed by atoms with Crippen LogP contribution in [0.4, 0.5) is 4.79 Å². The van der Waals surface area contributed by atoms with Crippen LogP contribution in [0, 0.1) is 0 Å². The summed E-state index contributed by atoms with van der Waals surface area (Å²) < 4.78 is 0.